The predicted molar refractivity (Wildman–Crippen MR) is 73.0 cm³/mol. The van der Waals surface area contributed by atoms with Gasteiger partial charge in [0, 0.05) is 31.9 Å². The maximum atomic E-state index is 11.7. The lowest BCUT2D eigenvalue weighted by atomic mass is 10.2. The smallest absolute Gasteiger partial charge is 0.304 e. The van der Waals surface area contributed by atoms with Crippen LogP contribution >= 0.6 is 0 Å². The molecule has 1 aliphatic heterocycles. The van der Waals surface area contributed by atoms with E-state index in [4.69, 9.17) is 5.11 Å². The van der Waals surface area contributed by atoms with Crippen LogP contribution in [0.5, 0.6) is 0 Å². The minimum atomic E-state index is -3.13. The van der Waals surface area contributed by atoms with Crippen LogP contribution in [0.2, 0.25) is 0 Å². The van der Waals surface area contributed by atoms with E-state index >= 15 is 0 Å². The first-order valence-electron chi connectivity index (χ1n) is 6.58. The molecule has 0 spiro atoms. The van der Waals surface area contributed by atoms with Gasteiger partial charge < -0.3 is 5.11 Å². The molecule has 8 heteroatoms. The molecule has 7 nitrogen and oxygen atoms in total. The molecule has 0 aromatic carbocycles. The van der Waals surface area contributed by atoms with E-state index in [1.807, 2.05) is 22.6 Å². The average molecular weight is 301 g/mol. The summed E-state index contributed by atoms with van der Waals surface area (Å²) in [5.74, 6) is -0.968. The number of nitrogens with zero attached hydrogens (tertiary/aromatic N) is 3. The molecule has 1 saturated heterocycles. The van der Waals surface area contributed by atoms with E-state index in [-0.39, 0.29) is 17.9 Å². The number of rotatable bonds is 5. The number of carboxylic acid groups (broad SMARTS) is 1. The monoisotopic (exact) mass is 301 g/mol. The first kappa shape index (κ1) is 15.0. The Morgan fingerprint density at radius 3 is 2.95 bits per heavy atom. The fourth-order valence-corrected chi connectivity index (χ4v) is 4.10. The zero-order valence-electron chi connectivity index (χ0n) is 11.4. The zero-order chi connectivity index (χ0) is 14.8. The fourth-order valence-electron chi connectivity index (χ4n) is 2.51. The highest BCUT2D eigenvalue weighted by molar-refractivity contribution is 7.91. The molecule has 1 N–H and O–H groups in total. The summed E-state index contributed by atoms with van der Waals surface area (Å²) in [4.78, 5) is 12.8. The summed E-state index contributed by atoms with van der Waals surface area (Å²) in [5.41, 5.74) is 0.974. The van der Waals surface area contributed by atoms with Crippen molar-refractivity contribution >= 4 is 15.8 Å². The van der Waals surface area contributed by atoms with Gasteiger partial charge in [0.1, 0.15) is 0 Å². The van der Waals surface area contributed by atoms with Crippen molar-refractivity contribution in [3.63, 3.8) is 0 Å². The Labute approximate surface area is 118 Å². The van der Waals surface area contributed by atoms with Crippen molar-refractivity contribution in [3.8, 4) is 0 Å². The third-order valence-electron chi connectivity index (χ3n) is 3.53. The van der Waals surface area contributed by atoms with E-state index in [1.54, 1.807) is 6.20 Å². The Morgan fingerprint density at radius 1 is 1.55 bits per heavy atom. The molecule has 1 unspecified atom stereocenters. The lowest BCUT2D eigenvalue weighted by molar-refractivity contribution is -0.138. The number of sulfone groups is 1. The van der Waals surface area contributed by atoms with Gasteiger partial charge >= 0.3 is 5.97 Å². The van der Waals surface area contributed by atoms with Gasteiger partial charge in [-0.25, -0.2) is 8.42 Å². The highest BCUT2D eigenvalue weighted by Gasteiger charge is 2.32. The molecule has 1 aromatic heterocycles. The normalized spacial score (nSPS) is 22.8. The SMILES string of the molecule is CCn1nccc1CN1CCS(=O)(=O)CC1CC(=O)O. The van der Waals surface area contributed by atoms with Crippen LogP contribution in [-0.2, 0) is 27.7 Å². The Morgan fingerprint density at radius 2 is 2.30 bits per heavy atom. The summed E-state index contributed by atoms with van der Waals surface area (Å²) in [7, 11) is -3.13. The van der Waals surface area contributed by atoms with Gasteiger partial charge in [-0.05, 0) is 13.0 Å². The van der Waals surface area contributed by atoms with Crippen LogP contribution in [0.1, 0.15) is 19.0 Å². The van der Waals surface area contributed by atoms with E-state index < -0.39 is 21.8 Å². The van der Waals surface area contributed by atoms with Crippen LogP contribution in [0.15, 0.2) is 12.3 Å². The Balaban J connectivity index is 2.14. The van der Waals surface area contributed by atoms with Gasteiger partial charge in [-0.2, -0.15) is 5.10 Å². The second kappa shape index (κ2) is 5.92. The number of aromatic nitrogens is 2. The summed E-state index contributed by atoms with van der Waals surface area (Å²) >= 11 is 0. The van der Waals surface area contributed by atoms with Crippen molar-refractivity contribution in [2.45, 2.75) is 32.5 Å². The van der Waals surface area contributed by atoms with Crippen LogP contribution in [0.25, 0.3) is 0 Å². The van der Waals surface area contributed by atoms with Gasteiger partial charge in [0.15, 0.2) is 9.84 Å². The molecule has 0 radical (unpaired) electrons. The largest absolute Gasteiger partial charge is 0.481 e. The molecule has 0 amide bonds. The first-order valence-corrected chi connectivity index (χ1v) is 8.40. The van der Waals surface area contributed by atoms with E-state index in [1.165, 1.54) is 0 Å². The molecule has 2 rings (SSSR count). The van der Waals surface area contributed by atoms with Crippen molar-refractivity contribution in [3.05, 3.63) is 18.0 Å². The second-order valence-corrected chi connectivity index (χ2v) is 7.20. The van der Waals surface area contributed by atoms with Crippen molar-refractivity contribution in [2.75, 3.05) is 18.1 Å². The van der Waals surface area contributed by atoms with Crippen molar-refractivity contribution in [1.82, 2.24) is 14.7 Å². The fraction of sp³-hybridized carbons (Fsp3) is 0.667. The quantitative estimate of drug-likeness (QED) is 0.821. The average Bonchev–Trinajstić information content (AvgIpc) is 2.78. The highest BCUT2D eigenvalue weighted by Crippen LogP contribution is 2.18. The van der Waals surface area contributed by atoms with Crippen LogP contribution in [-0.4, -0.2) is 58.3 Å². The van der Waals surface area contributed by atoms with Gasteiger partial charge in [-0.3, -0.25) is 14.4 Å². The molecule has 1 atom stereocenters. The number of aliphatic carboxylic acids is 1. The Kier molecular flexibility index (Phi) is 4.44. The minimum absolute atomic E-state index is 0.0838. The van der Waals surface area contributed by atoms with Gasteiger partial charge in [0.2, 0.25) is 0 Å². The zero-order valence-corrected chi connectivity index (χ0v) is 12.2. The van der Waals surface area contributed by atoms with Gasteiger partial charge in [-0.15, -0.1) is 0 Å². The molecule has 0 bridgehead atoms. The van der Waals surface area contributed by atoms with Gasteiger partial charge in [-0.1, -0.05) is 0 Å². The van der Waals surface area contributed by atoms with Crippen LogP contribution in [0.3, 0.4) is 0 Å². The molecule has 1 fully saturated rings. The van der Waals surface area contributed by atoms with E-state index in [0.717, 1.165) is 12.2 Å². The summed E-state index contributed by atoms with van der Waals surface area (Å²) in [6, 6.07) is 1.41. The first-order chi connectivity index (χ1) is 9.41. The molecule has 2 heterocycles. The lowest BCUT2D eigenvalue weighted by Crippen LogP contribution is -2.49. The Bertz CT molecular complexity index is 581. The van der Waals surface area contributed by atoms with Crippen LogP contribution in [0, 0.1) is 0 Å². The number of hydrogen-bond acceptors (Lipinski definition) is 5. The predicted octanol–water partition coefficient (Wildman–Crippen LogP) is -0.0233. The molecule has 112 valence electrons. The molecule has 1 aromatic rings. The Hall–Kier alpha value is -1.41. The number of aryl methyl sites for hydroxylation is 1. The van der Waals surface area contributed by atoms with Crippen LogP contribution < -0.4 is 0 Å². The van der Waals surface area contributed by atoms with Crippen molar-refractivity contribution in [2.24, 2.45) is 0 Å². The summed E-state index contributed by atoms with van der Waals surface area (Å²) in [6.45, 7) is 3.61. The number of carbonyl (C=O) groups is 1. The molecule has 20 heavy (non-hydrogen) atoms. The topological polar surface area (TPSA) is 92.5 Å². The third kappa shape index (κ3) is 3.57. The maximum Gasteiger partial charge on any atom is 0.304 e. The standard InChI is InChI=1S/C12H19N3O4S/c1-2-15-10(3-4-13-15)8-14-5-6-20(18,19)9-11(14)7-12(16)17/h3-4,11H,2,5-9H2,1H3,(H,16,17). The number of carboxylic acids is 1. The lowest BCUT2D eigenvalue weighted by Gasteiger charge is -2.34. The van der Waals surface area contributed by atoms with Crippen molar-refractivity contribution < 1.29 is 18.3 Å². The molecular formula is C12H19N3O4S. The highest BCUT2D eigenvalue weighted by atomic mass is 32.2. The minimum Gasteiger partial charge on any atom is -0.481 e. The molecule has 0 aliphatic carbocycles. The number of hydrogen-bond donors (Lipinski definition) is 1. The van der Waals surface area contributed by atoms with Gasteiger partial charge in [0.05, 0.1) is 23.6 Å². The summed E-state index contributed by atoms with van der Waals surface area (Å²) in [6.07, 6.45) is 1.55. The summed E-state index contributed by atoms with van der Waals surface area (Å²) in [5, 5.41) is 13.1. The van der Waals surface area contributed by atoms with E-state index in [2.05, 4.69) is 5.10 Å². The summed E-state index contributed by atoms with van der Waals surface area (Å²) < 4.78 is 25.2. The molecular weight excluding hydrogens is 282 g/mol. The van der Waals surface area contributed by atoms with Crippen LogP contribution in [0.4, 0.5) is 0 Å². The molecule has 1 aliphatic rings. The van der Waals surface area contributed by atoms with Gasteiger partial charge in [0.25, 0.3) is 0 Å². The third-order valence-corrected chi connectivity index (χ3v) is 5.23. The maximum absolute atomic E-state index is 11.7. The van der Waals surface area contributed by atoms with E-state index in [9.17, 15) is 13.2 Å². The van der Waals surface area contributed by atoms with Crippen molar-refractivity contribution in [1.29, 1.82) is 0 Å². The second-order valence-electron chi connectivity index (χ2n) is 4.97. The van der Waals surface area contributed by atoms with E-state index in [0.29, 0.717) is 13.1 Å². The molecule has 0 saturated carbocycles.